The van der Waals surface area contributed by atoms with Crippen LogP contribution in [0.4, 0.5) is 8.78 Å². The highest BCUT2D eigenvalue weighted by molar-refractivity contribution is 5.18. The maximum Gasteiger partial charge on any atom is 0.159 e. The molecule has 0 aromatic heterocycles. The van der Waals surface area contributed by atoms with E-state index >= 15 is 0 Å². The number of nitrogens with two attached hydrogens (primary N) is 1. The van der Waals surface area contributed by atoms with Gasteiger partial charge in [0.1, 0.15) is 0 Å². The average Bonchev–Trinajstić information content (AvgIpc) is 2.58. The molecule has 1 saturated carbocycles. The standard InChI is InChI=1S/C12H15F2N/c13-11-4-2-9(7-12(11)14)5-8-1-3-10(15)6-8/h2,4,7-8,10H,1,3,5-6,15H2. The Morgan fingerprint density at radius 2 is 2.00 bits per heavy atom. The van der Waals surface area contributed by atoms with E-state index in [0.29, 0.717) is 12.0 Å². The van der Waals surface area contributed by atoms with Gasteiger partial charge in [-0.2, -0.15) is 0 Å². The molecule has 1 aliphatic rings. The van der Waals surface area contributed by atoms with Crippen LogP contribution in [-0.4, -0.2) is 6.04 Å². The molecule has 1 aromatic rings. The van der Waals surface area contributed by atoms with Crippen molar-refractivity contribution in [3.63, 3.8) is 0 Å². The topological polar surface area (TPSA) is 26.0 Å². The molecule has 2 N–H and O–H groups in total. The Bertz CT molecular complexity index is 351. The Morgan fingerprint density at radius 1 is 1.20 bits per heavy atom. The number of benzene rings is 1. The third-order valence-corrected chi connectivity index (χ3v) is 3.09. The summed E-state index contributed by atoms with van der Waals surface area (Å²) in [5.74, 6) is -0.999. The van der Waals surface area contributed by atoms with Crippen LogP contribution in [0.5, 0.6) is 0 Å². The minimum atomic E-state index is -0.776. The fourth-order valence-electron chi connectivity index (χ4n) is 2.30. The van der Waals surface area contributed by atoms with E-state index in [1.807, 2.05) is 0 Å². The summed E-state index contributed by atoms with van der Waals surface area (Å²) in [6.07, 6.45) is 3.96. The normalized spacial score (nSPS) is 25.8. The van der Waals surface area contributed by atoms with E-state index in [9.17, 15) is 8.78 Å². The van der Waals surface area contributed by atoms with E-state index in [1.54, 1.807) is 6.07 Å². The third kappa shape index (κ3) is 2.53. The molecule has 0 spiro atoms. The molecular weight excluding hydrogens is 196 g/mol. The largest absolute Gasteiger partial charge is 0.328 e. The highest BCUT2D eigenvalue weighted by Gasteiger charge is 2.21. The van der Waals surface area contributed by atoms with Gasteiger partial charge in [-0.25, -0.2) is 8.78 Å². The predicted octanol–water partition coefficient (Wildman–Crippen LogP) is 2.63. The second-order valence-corrected chi connectivity index (χ2v) is 4.39. The second kappa shape index (κ2) is 4.27. The summed E-state index contributed by atoms with van der Waals surface area (Å²) < 4.78 is 25.6. The minimum absolute atomic E-state index is 0.292. The Hall–Kier alpha value is -0.960. The van der Waals surface area contributed by atoms with Crippen molar-refractivity contribution in [1.29, 1.82) is 0 Å². The first-order chi connectivity index (χ1) is 7.15. The van der Waals surface area contributed by atoms with E-state index in [0.717, 1.165) is 31.2 Å². The van der Waals surface area contributed by atoms with Crippen molar-refractivity contribution in [2.75, 3.05) is 0 Å². The van der Waals surface area contributed by atoms with Gasteiger partial charge < -0.3 is 5.73 Å². The SMILES string of the molecule is NC1CCC(Cc2ccc(F)c(F)c2)C1. The zero-order chi connectivity index (χ0) is 10.8. The van der Waals surface area contributed by atoms with Crippen molar-refractivity contribution in [2.24, 2.45) is 11.7 Å². The van der Waals surface area contributed by atoms with Crippen LogP contribution in [0.3, 0.4) is 0 Å². The van der Waals surface area contributed by atoms with Gasteiger partial charge in [0, 0.05) is 6.04 Å². The van der Waals surface area contributed by atoms with Gasteiger partial charge in [0.2, 0.25) is 0 Å². The molecule has 1 nitrogen and oxygen atoms in total. The highest BCUT2D eigenvalue weighted by atomic mass is 19.2. The van der Waals surface area contributed by atoms with Gasteiger partial charge in [0.05, 0.1) is 0 Å². The van der Waals surface area contributed by atoms with Crippen LogP contribution in [0.2, 0.25) is 0 Å². The Labute approximate surface area is 88.3 Å². The van der Waals surface area contributed by atoms with E-state index in [2.05, 4.69) is 0 Å². The van der Waals surface area contributed by atoms with Crippen LogP contribution in [0, 0.1) is 17.6 Å². The zero-order valence-corrected chi connectivity index (χ0v) is 8.55. The summed E-state index contributed by atoms with van der Waals surface area (Å²) in [6.45, 7) is 0. The molecule has 0 heterocycles. The molecule has 1 aliphatic carbocycles. The lowest BCUT2D eigenvalue weighted by Gasteiger charge is -2.09. The van der Waals surface area contributed by atoms with Gasteiger partial charge in [0.25, 0.3) is 0 Å². The average molecular weight is 211 g/mol. The minimum Gasteiger partial charge on any atom is -0.328 e. The maximum absolute atomic E-state index is 12.9. The van der Waals surface area contributed by atoms with Crippen molar-refractivity contribution in [3.05, 3.63) is 35.4 Å². The van der Waals surface area contributed by atoms with Crippen LogP contribution < -0.4 is 5.73 Å². The molecule has 3 heteroatoms. The summed E-state index contributed by atoms with van der Waals surface area (Å²) >= 11 is 0. The van der Waals surface area contributed by atoms with Crippen LogP contribution in [0.15, 0.2) is 18.2 Å². The van der Waals surface area contributed by atoms with Gasteiger partial charge in [-0.15, -0.1) is 0 Å². The van der Waals surface area contributed by atoms with Crippen molar-refractivity contribution >= 4 is 0 Å². The van der Waals surface area contributed by atoms with Gasteiger partial charge in [-0.05, 0) is 49.3 Å². The van der Waals surface area contributed by atoms with Crippen molar-refractivity contribution < 1.29 is 8.78 Å². The Kier molecular flexibility index (Phi) is 3.00. The van der Waals surface area contributed by atoms with Crippen molar-refractivity contribution in [2.45, 2.75) is 31.7 Å². The zero-order valence-electron chi connectivity index (χ0n) is 8.55. The molecule has 0 amide bonds. The molecule has 1 aromatic carbocycles. The van der Waals surface area contributed by atoms with Crippen LogP contribution in [0.25, 0.3) is 0 Å². The lowest BCUT2D eigenvalue weighted by molar-refractivity contribution is 0.499. The summed E-state index contributed by atoms with van der Waals surface area (Å²) in [7, 11) is 0. The first-order valence-electron chi connectivity index (χ1n) is 5.34. The predicted molar refractivity (Wildman–Crippen MR) is 55.4 cm³/mol. The molecule has 2 atom stereocenters. The highest BCUT2D eigenvalue weighted by Crippen LogP contribution is 2.27. The van der Waals surface area contributed by atoms with Crippen LogP contribution in [0.1, 0.15) is 24.8 Å². The molecule has 1 fully saturated rings. The molecular formula is C12H15F2N. The number of rotatable bonds is 2. The summed E-state index contributed by atoms with van der Waals surface area (Å²) in [4.78, 5) is 0. The quantitative estimate of drug-likeness (QED) is 0.799. The maximum atomic E-state index is 12.9. The molecule has 82 valence electrons. The lowest BCUT2D eigenvalue weighted by atomic mass is 9.98. The number of hydrogen-bond donors (Lipinski definition) is 1. The first-order valence-corrected chi connectivity index (χ1v) is 5.34. The smallest absolute Gasteiger partial charge is 0.159 e. The number of hydrogen-bond acceptors (Lipinski definition) is 1. The lowest BCUT2D eigenvalue weighted by Crippen LogP contribution is -2.15. The summed E-state index contributed by atoms with van der Waals surface area (Å²) in [5, 5.41) is 0. The molecule has 0 aliphatic heterocycles. The van der Waals surface area contributed by atoms with E-state index in [1.165, 1.54) is 12.1 Å². The van der Waals surface area contributed by atoms with Gasteiger partial charge >= 0.3 is 0 Å². The third-order valence-electron chi connectivity index (χ3n) is 3.09. The molecule has 0 radical (unpaired) electrons. The molecule has 0 bridgehead atoms. The van der Waals surface area contributed by atoms with E-state index < -0.39 is 11.6 Å². The molecule has 0 saturated heterocycles. The van der Waals surface area contributed by atoms with Crippen molar-refractivity contribution in [3.8, 4) is 0 Å². The van der Waals surface area contributed by atoms with Gasteiger partial charge in [-0.3, -0.25) is 0 Å². The number of halogens is 2. The van der Waals surface area contributed by atoms with Crippen LogP contribution in [-0.2, 0) is 6.42 Å². The Balaban J connectivity index is 2.02. The summed E-state index contributed by atoms with van der Waals surface area (Å²) in [6, 6.07) is 4.43. The second-order valence-electron chi connectivity index (χ2n) is 4.39. The fourth-order valence-corrected chi connectivity index (χ4v) is 2.30. The molecule has 2 unspecified atom stereocenters. The summed E-state index contributed by atoms with van der Waals surface area (Å²) in [5.41, 5.74) is 6.67. The molecule has 2 rings (SSSR count). The first kappa shape index (κ1) is 10.6. The Morgan fingerprint density at radius 3 is 2.60 bits per heavy atom. The molecule has 15 heavy (non-hydrogen) atoms. The monoisotopic (exact) mass is 211 g/mol. The van der Waals surface area contributed by atoms with Crippen LogP contribution >= 0.6 is 0 Å². The van der Waals surface area contributed by atoms with E-state index in [4.69, 9.17) is 5.73 Å². The van der Waals surface area contributed by atoms with Gasteiger partial charge in [0.15, 0.2) is 11.6 Å². The van der Waals surface area contributed by atoms with Crippen molar-refractivity contribution in [1.82, 2.24) is 0 Å². The van der Waals surface area contributed by atoms with Gasteiger partial charge in [-0.1, -0.05) is 6.07 Å². The van der Waals surface area contributed by atoms with E-state index in [-0.39, 0.29) is 0 Å². The fraction of sp³-hybridized carbons (Fsp3) is 0.500.